The van der Waals surface area contributed by atoms with E-state index in [1.165, 1.54) is 0 Å². The molecule has 0 aliphatic carbocycles. The van der Waals surface area contributed by atoms with Crippen molar-refractivity contribution < 1.29 is 27.6 Å². The largest absolute Gasteiger partial charge is 0.416 e. The van der Waals surface area contributed by atoms with Gasteiger partial charge in [0.25, 0.3) is 5.69 Å². The molecule has 2 rings (SSSR count). The number of piperidine rings is 1. The van der Waals surface area contributed by atoms with Crippen molar-refractivity contribution in [2.24, 2.45) is 5.92 Å². The molecule has 0 saturated carbocycles. The zero-order chi connectivity index (χ0) is 21.6. The first-order valence-corrected chi connectivity index (χ1v) is 9.59. The molecule has 1 aromatic rings. The Hall–Kier alpha value is -2.36. The summed E-state index contributed by atoms with van der Waals surface area (Å²) in [5.74, 6) is -0.290. The first kappa shape index (κ1) is 22.9. The number of nitrogens with one attached hydrogen (secondary N) is 1. The second-order valence-corrected chi connectivity index (χ2v) is 7.28. The molecule has 1 amide bonds. The number of nitro benzene ring substituents is 1. The summed E-state index contributed by atoms with van der Waals surface area (Å²) < 4.78 is 43.9. The lowest BCUT2D eigenvalue weighted by molar-refractivity contribution is -0.384. The lowest BCUT2D eigenvalue weighted by atomic mass is 9.95. The summed E-state index contributed by atoms with van der Waals surface area (Å²) in [6.07, 6.45) is -2.84. The van der Waals surface area contributed by atoms with Crippen LogP contribution in [0.3, 0.4) is 0 Å². The highest BCUT2D eigenvalue weighted by Gasteiger charge is 2.34. The lowest BCUT2D eigenvalue weighted by Crippen LogP contribution is -2.41. The molecular weight excluding hydrogens is 391 g/mol. The molecule has 0 radical (unpaired) electrons. The van der Waals surface area contributed by atoms with Crippen LogP contribution in [-0.2, 0) is 15.7 Å². The molecule has 10 heteroatoms. The fourth-order valence-electron chi connectivity index (χ4n) is 3.24. The van der Waals surface area contributed by atoms with Crippen molar-refractivity contribution in [3.8, 4) is 0 Å². The maximum Gasteiger partial charge on any atom is 0.416 e. The van der Waals surface area contributed by atoms with Crippen molar-refractivity contribution in [1.82, 2.24) is 5.32 Å². The topological polar surface area (TPSA) is 84.7 Å². The number of hydrogen-bond donors (Lipinski definition) is 1. The van der Waals surface area contributed by atoms with Crippen molar-refractivity contribution in [3.63, 3.8) is 0 Å². The van der Waals surface area contributed by atoms with Crippen LogP contribution in [0.4, 0.5) is 24.5 Å². The molecule has 1 aromatic carbocycles. The molecule has 1 aliphatic rings. The highest BCUT2D eigenvalue weighted by Crippen LogP contribution is 2.37. The minimum absolute atomic E-state index is 0.0730. The number of hydrogen-bond acceptors (Lipinski definition) is 5. The van der Waals surface area contributed by atoms with Crippen molar-refractivity contribution in [3.05, 3.63) is 33.9 Å². The van der Waals surface area contributed by atoms with Crippen LogP contribution in [-0.4, -0.2) is 43.2 Å². The van der Waals surface area contributed by atoms with E-state index in [4.69, 9.17) is 4.74 Å². The summed E-state index contributed by atoms with van der Waals surface area (Å²) in [7, 11) is 0. The third-order valence-corrected chi connectivity index (χ3v) is 4.78. The SMILES string of the molecule is CC(C)OCCCNC(=O)C1CCN(c2ccc(C(F)(F)F)cc2[N+](=O)[O-])CC1. The Balaban J connectivity index is 1.92. The van der Waals surface area contributed by atoms with Gasteiger partial charge in [-0.05, 0) is 45.2 Å². The van der Waals surface area contributed by atoms with E-state index >= 15 is 0 Å². The Morgan fingerprint density at radius 1 is 1.34 bits per heavy atom. The van der Waals surface area contributed by atoms with E-state index in [0.29, 0.717) is 51.6 Å². The predicted molar refractivity (Wildman–Crippen MR) is 102 cm³/mol. The third kappa shape index (κ3) is 6.59. The first-order valence-electron chi connectivity index (χ1n) is 9.59. The van der Waals surface area contributed by atoms with Gasteiger partial charge >= 0.3 is 6.18 Å². The summed E-state index contributed by atoms with van der Waals surface area (Å²) in [6, 6.07) is 2.55. The van der Waals surface area contributed by atoms with Crippen LogP contribution in [0.5, 0.6) is 0 Å². The highest BCUT2D eigenvalue weighted by atomic mass is 19.4. The summed E-state index contributed by atoms with van der Waals surface area (Å²) in [4.78, 5) is 24.4. The maximum atomic E-state index is 12.8. The molecule has 0 bridgehead atoms. The normalized spacial score (nSPS) is 15.6. The molecule has 162 valence electrons. The lowest BCUT2D eigenvalue weighted by Gasteiger charge is -2.32. The van der Waals surface area contributed by atoms with Crippen LogP contribution in [0, 0.1) is 16.0 Å². The molecule has 1 N–H and O–H groups in total. The average Bonchev–Trinajstić information content (AvgIpc) is 2.66. The molecule has 1 saturated heterocycles. The van der Waals surface area contributed by atoms with E-state index in [2.05, 4.69) is 5.32 Å². The van der Waals surface area contributed by atoms with E-state index in [9.17, 15) is 28.1 Å². The number of alkyl halides is 3. The van der Waals surface area contributed by atoms with E-state index in [1.54, 1.807) is 4.90 Å². The molecule has 0 aromatic heterocycles. The fraction of sp³-hybridized carbons (Fsp3) is 0.632. The van der Waals surface area contributed by atoms with Crippen molar-refractivity contribution in [2.45, 2.75) is 45.4 Å². The molecule has 0 unspecified atom stereocenters. The van der Waals surface area contributed by atoms with Crippen molar-refractivity contribution in [2.75, 3.05) is 31.1 Å². The average molecular weight is 417 g/mol. The van der Waals surface area contributed by atoms with Gasteiger partial charge in [0, 0.05) is 38.2 Å². The van der Waals surface area contributed by atoms with Crippen LogP contribution in [0.25, 0.3) is 0 Å². The molecule has 7 nitrogen and oxygen atoms in total. The molecule has 0 spiro atoms. The number of rotatable bonds is 8. The Labute approximate surface area is 167 Å². The van der Waals surface area contributed by atoms with E-state index < -0.39 is 22.4 Å². The molecule has 1 aliphatic heterocycles. The Bertz CT molecular complexity index is 717. The summed E-state index contributed by atoms with van der Waals surface area (Å²) >= 11 is 0. The smallest absolute Gasteiger partial charge is 0.379 e. The minimum atomic E-state index is -4.64. The highest BCUT2D eigenvalue weighted by molar-refractivity contribution is 5.79. The minimum Gasteiger partial charge on any atom is -0.379 e. The standard InChI is InChI=1S/C19H26F3N3O4/c1-13(2)29-11-3-8-23-18(26)14-6-9-24(10-7-14)16-5-4-15(19(20,21)22)12-17(16)25(27)28/h4-5,12-14H,3,6-11H2,1-2H3,(H,23,26). The summed E-state index contributed by atoms with van der Waals surface area (Å²) in [5.41, 5.74) is -1.48. The van der Waals surface area contributed by atoms with E-state index in [1.807, 2.05) is 13.8 Å². The number of amides is 1. The van der Waals surface area contributed by atoms with Crippen LogP contribution < -0.4 is 10.2 Å². The molecule has 1 heterocycles. The fourth-order valence-corrected chi connectivity index (χ4v) is 3.24. The molecule has 1 fully saturated rings. The first-order chi connectivity index (χ1) is 13.6. The summed E-state index contributed by atoms with van der Waals surface area (Å²) in [5, 5.41) is 14.1. The van der Waals surface area contributed by atoms with Gasteiger partial charge in [-0.3, -0.25) is 14.9 Å². The van der Waals surface area contributed by atoms with Gasteiger partial charge in [0.15, 0.2) is 0 Å². The molecule has 29 heavy (non-hydrogen) atoms. The molecular formula is C19H26F3N3O4. The number of anilines is 1. The third-order valence-electron chi connectivity index (χ3n) is 4.78. The van der Waals surface area contributed by atoms with Crippen LogP contribution in [0.15, 0.2) is 18.2 Å². The van der Waals surface area contributed by atoms with Crippen molar-refractivity contribution in [1.29, 1.82) is 0 Å². The van der Waals surface area contributed by atoms with Crippen molar-refractivity contribution >= 4 is 17.3 Å². The van der Waals surface area contributed by atoms with E-state index in [-0.39, 0.29) is 23.6 Å². The van der Waals surface area contributed by atoms with Gasteiger partial charge in [-0.1, -0.05) is 0 Å². The van der Waals surface area contributed by atoms with Crippen LogP contribution in [0.2, 0.25) is 0 Å². The second-order valence-electron chi connectivity index (χ2n) is 7.28. The van der Waals surface area contributed by atoms with Gasteiger partial charge in [0.2, 0.25) is 5.91 Å². The van der Waals surface area contributed by atoms with Gasteiger partial charge < -0.3 is 15.0 Å². The van der Waals surface area contributed by atoms with Gasteiger partial charge in [-0.2, -0.15) is 13.2 Å². The Morgan fingerprint density at radius 3 is 2.55 bits per heavy atom. The van der Waals surface area contributed by atoms with Crippen LogP contribution in [0.1, 0.15) is 38.7 Å². The number of carbonyl (C=O) groups is 1. The number of nitro groups is 1. The summed E-state index contributed by atoms with van der Waals surface area (Å²) in [6.45, 7) is 5.67. The number of ether oxygens (including phenoxy) is 1. The van der Waals surface area contributed by atoms with Gasteiger partial charge in [-0.25, -0.2) is 0 Å². The van der Waals surface area contributed by atoms with Gasteiger partial charge in [-0.15, -0.1) is 0 Å². The zero-order valence-corrected chi connectivity index (χ0v) is 16.5. The number of nitrogens with zero attached hydrogens (tertiary/aromatic N) is 2. The monoisotopic (exact) mass is 417 g/mol. The number of halogens is 3. The van der Waals surface area contributed by atoms with Gasteiger partial charge in [0.1, 0.15) is 5.69 Å². The molecule has 0 atom stereocenters. The zero-order valence-electron chi connectivity index (χ0n) is 16.5. The Morgan fingerprint density at radius 2 is 2.00 bits per heavy atom. The maximum absolute atomic E-state index is 12.8. The van der Waals surface area contributed by atoms with E-state index in [0.717, 1.165) is 12.1 Å². The predicted octanol–water partition coefficient (Wildman–Crippen LogP) is 3.76. The second kappa shape index (κ2) is 9.91. The van der Waals surface area contributed by atoms with Crippen LogP contribution >= 0.6 is 0 Å². The number of carbonyl (C=O) groups excluding carboxylic acids is 1. The Kier molecular flexibility index (Phi) is 7.83. The number of benzene rings is 1. The van der Waals surface area contributed by atoms with Gasteiger partial charge in [0.05, 0.1) is 16.6 Å². The quantitative estimate of drug-likeness (QED) is 0.396.